The van der Waals surface area contributed by atoms with E-state index < -0.39 is 0 Å². The van der Waals surface area contributed by atoms with Gasteiger partial charge in [0.1, 0.15) is 6.10 Å². The molecule has 56 heavy (non-hydrogen) atoms. The molecule has 0 saturated carbocycles. The zero-order valence-corrected chi connectivity index (χ0v) is 38.7. The SMILES string of the molecule is CCCCCC/C=C\CCCCCCCCOCC(COCCCCCCCC/C=C\CCCCCC)OCCCCCCCC/C=C\CCCCCCCC. The maximum atomic E-state index is 6.34. The van der Waals surface area contributed by atoms with Crippen molar-refractivity contribution in [3.63, 3.8) is 0 Å². The molecule has 0 aliphatic carbocycles. The monoisotopic (exact) mass is 787 g/mol. The molecule has 3 heteroatoms. The van der Waals surface area contributed by atoms with Gasteiger partial charge in [0, 0.05) is 19.8 Å². The Labute approximate surface area is 353 Å². The lowest BCUT2D eigenvalue weighted by Crippen LogP contribution is -2.26. The molecule has 0 fully saturated rings. The molecule has 0 aromatic carbocycles. The molecule has 0 amide bonds. The van der Waals surface area contributed by atoms with Gasteiger partial charge >= 0.3 is 0 Å². The van der Waals surface area contributed by atoms with Crippen LogP contribution in [0.2, 0.25) is 0 Å². The van der Waals surface area contributed by atoms with Crippen LogP contribution < -0.4 is 0 Å². The molecule has 0 rings (SSSR count). The van der Waals surface area contributed by atoms with Gasteiger partial charge in [0.05, 0.1) is 13.2 Å². The van der Waals surface area contributed by atoms with E-state index in [4.69, 9.17) is 14.2 Å². The highest BCUT2D eigenvalue weighted by molar-refractivity contribution is 4.82. The van der Waals surface area contributed by atoms with Crippen LogP contribution in [0.3, 0.4) is 0 Å². The van der Waals surface area contributed by atoms with Crippen LogP contribution >= 0.6 is 0 Å². The second-order valence-electron chi connectivity index (χ2n) is 17.0. The lowest BCUT2D eigenvalue weighted by molar-refractivity contribution is -0.0616. The van der Waals surface area contributed by atoms with E-state index in [1.807, 2.05) is 0 Å². The molecule has 0 heterocycles. The standard InChI is InChI=1S/C53H102O3/c1-4-7-10-13-16-19-22-25-28-29-32-35-38-41-44-47-50-56-53(51-54-48-45-42-39-36-33-30-26-23-20-17-14-11-8-5-2)52-55-49-46-43-40-37-34-31-27-24-21-18-15-12-9-6-3/h20-21,23-25,28,53H,4-19,22,26-27,29-52H2,1-3H3/b23-20-,24-21-,28-25-. The number of hydrogen-bond acceptors (Lipinski definition) is 3. The van der Waals surface area contributed by atoms with Gasteiger partial charge in [-0.25, -0.2) is 0 Å². The third-order valence-electron chi connectivity index (χ3n) is 11.2. The molecule has 0 aliphatic rings. The summed E-state index contributed by atoms with van der Waals surface area (Å²) in [5.74, 6) is 0. The van der Waals surface area contributed by atoms with Crippen LogP contribution in [0.1, 0.15) is 265 Å². The largest absolute Gasteiger partial charge is 0.379 e. The Bertz CT molecular complexity index is 731. The molecule has 0 aromatic rings. The topological polar surface area (TPSA) is 27.7 Å². The Morgan fingerprint density at radius 1 is 0.268 bits per heavy atom. The molecule has 0 aliphatic heterocycles. The van der Waals surface area contributed by atoms with Crippen molar-refractivity contribution in [1.82, 2.24) is 0 Å². The first kappa shape index (κ1) is 55.1. The van der Waals surface area contributed by atoms with E-state index >= 15 is 0 Å². The van der Waals surface area contributed by atoms with Crippen molar-refractivity contribution in [1.29, 1.82) is 0 Å². The van der Waals surface area contributed by atoms with Crippen LogP contribution in [0.4, 0.5) is 0 Å². The maximum absolute atomic E-state index is 6.34. The minimum atomic E-state index is 0.0672. The van der Waals surface area contributed by atoms with Gasteiger partial charge in [-0.1, -0.05) is 205 Å². The Kier molecular flexibility index (Phi) is 51.3. The number of rotatable bonds is 49. The summed E-state index contributed by atoms with van der Waals surface area (Å²) in [5, 5.41) is 0. The van der Waals surface area contributed by atoms with Gasteiger partial charge in [-0.15, -0.1) is 0 Å². The predicted octanol–water partition coefficient (Wildman–Crippen LogP) is 18.0. The predicted molar refractivity (Wildman–Crippen MR) is 251 cm³/mol. The van der Waals surface area contributed by atoms with E-state index in [1.54, 1.807) is 0 Å². The van der Waals surface area contributed by atoms with E-state index in [9.17, 15) is 0 Å². The first-order chi connectivity index (χ1) is 27.8. The van der Waals surface area contributed by atoms with Gasteiger partial charge < -0.3 is 14.2 Å². The summed E-state index contributed by atoms with van der Waals surface area (Å²) in [6.45, 7) is 10.7. The smallest absolute Gasteiger partial charge is 0.104 e. The van der Waals surface area contributed by atoms with Gasteiger partial charge in [-0.05, 0) is 96.3 Å². The Balaban J connectivity index is 4.03. The number of ether oxygens (including phenoxy) is 3. The fraction of sp³-hybridized carbons (Fsp3) is 0.887. The van der Waals surface area contributed by atoms with Crippen molar-refractivity contribution in [2.24, 2.45) is 0 Å². The van der Waals surface area contributed by atoms with Gasteiger partial charge in [0.2, 0.25) is 0 Å². The summed E-state index contributed by atoms with van der Waals surface area (Å²) in [4.78, 5) is 0. The summed E-state index contributed by atoms with van der Waals surface area (Å²) in [7, 11) is 0. The fourth-order valence-electron chi connectivity index (χ4n) is 7.37. The molecule has 332 valence electrons. The summed E-state index contributed by atoms with van der Waals surface area (Å²) in [5.41, 5.74) is 0. The van der Waals surface area contributed by atoms with Crippen molar-refractivity contribution in [2.45, 2.75) is 271 Å². The number of allylic oxidation sites excluding steroid dienone is 6. The first-order valence-electron chi connectivity index (χ1n) is 25.6. The van der Waals surface area contributed by atoms with E-state index in [-0.39, 0.29) is 6.10 Å². The van der Waals surface area contributed by atoms with Crippen molar-refractivity contribution in [3.8, 4) is 0 Å². The van der Waals surface area contributed by atoms with Crippen molar-refractivity contribution in [2.75, 3.05) is 33.0 Å². The van der Waals surface area contributed by atoms with E-state index in [0.717, 1.165) is 39.1 Å². The van der Waals surface area contributed by atoms with Crippen LogP contribution in [-0.2, 0) is 14.2 Å². The highest BCUT2D eigenvalue weighted by atomic mass is 16.6. The molecule has 0 N–H and O–H groups in total. The van der Waals surface area contributed by atoms with Crippen molar-refractivity contribution < 1.29 is 14.2 Å². The van der Waals surface area contributed by atoms with E-state index in [1.165, 1.54) is 225 Å². The van der Waals surface area contributed by atoms with Crippen LogP contribution in [0.5, 0.6) is 0 Å². The zero-order valence-electron chi connectivity index (χ0n) is 38.7. The molecule has 0 saturated heterocycles. The van der Waals surface area contributed by atoms with Gasteiger partial charge in [-0.2, -0.15) is 0 Å². The molecule has 0 aromatic heterocycles. The normalized spacial score (nSPS) is 12.2. The Hall–Kier alpha value is -0.900. The molecule has 0 unspecified atom stereocenters. The van der Waals surface area contributed by atoms with Crippen LogP contribution in [0.25, 0.3) is 0 Å². The molecule has 0 radical (unpaired) electrons. The molecule has 0 bridgehead atoms. The van der Waals surface area contributed by atoms with Crippen LogP contribution in [0.15, 0.2) is 36.5 Å². The maximum Gasteiger partial charge on any atom is 0.104 e. The minimum absolute atomic E-state index is 0.0672. The average Bonchev–Trinajstić information content (AvgIpc) is 3.21. The highest BCUT2D eigenvalue weighted by Gasteiger charge is 2.10. The lowest BCUT2D eigenvalue weighted by atomic mass is 10.1. The number of hydrogen-bond donors (Lipinski definition) is 0. The van der Waals surface area contributed by atoms with E-state index in [0.29, 0.717) is 13.2 Å². The average molecular weight is 787 g/mol. The minimum Gasteiger partial charge on any atom is -0.379 e. The molecular formula is C53H102O3. The summed E-state index contributed by atoms with van der Waals surface area (Å²) in [6, 6.07) is 0. The first-order valence-corrected chi connectivity index (χ1v) is 25.6. The third-order valence-corrected chi connectivity index (χ3v) is 11.2. The van der Waals surface area contributed by atoms with Gasteiger partial charge in [-0.3, -0.25) is 0 Å². The Morgan fingerprint density at radius 2 is 0.500 bits per heavy atom. The van der Waals surface area contributed by atoms with Crippen LogP contribution in [0, 0.1) is 0 Å². The quantitative estimate of drug-likeness (QED) is 0.0454. The lowest BCUT2D eigenvalue weighted by Gasteiger charge is -2.18. The molecular weight excluding hydrogens is 685 g/mol. The summed E-state index contributed by atoms with van der Waals surface area (Å²) in [6.07, 6.45) is 65.0. The highest BCUT2D eigenvalue weighted by Crippen LogP contribution is 2.13. The van der Waals surface area contributed by atoms with Crippen molar-refractivity contribution in [3.05, 3.63) is 36.5 Å². The second kappa shape index (κ2) is 52.1. The Morgan fingerprint density at radius 3 is 0.804 bits per heavy atom. The second-order valence-corrected chi connectivity index (χ2v) is 17.0. The van der Waals surface area contributed by atoms with Gasteiger partial charge in [0.25, 0.3) is 0 Å². The zero-order chi connectivity index (χ0) is 40.3. The third kappa shape index (κ3) is 49.2. The number of unbranched alkanes of at least 4 members (excludes halogenated alkanes) is 32. The molecule has 3 nitrogen and oxygen atoms in total. The van der Waals surface area contributed by atoms with E-state index in [2.05, 4.69) is 57.2 Å². The molecule has 0 atom stereocenters. The summed E-state index contributed by atoms with van der Waals surface area (Å²) < 4.78 is 18.6. The molecule has 0 spiro atoms. The summed E-state index contributed by atoms with van der Waals surface area (Å²) >= 11 is 0. The van der Waals surface area contributed by atoms with Gasteiger partial charge in [0.15, 0.2) is 0 Å². The van der Waals surface area contributed by atoms with Crippen molar-refractivity contribution >= 4 is 0 Å². The van der Waals surface area contributed by atoms with Crippen LogP contribution in [-0.4, -0.2) is 39.1 Å². The fourth-order valence-corrected chi connectivity index (χ4v) is 7.37.